The van der Waals surface area contributed by atoms with E-state index in [0.717, 1.165) is 70.7 Å². The highest BCUT2D eigenvalue weighted by atomic mass is 16.6. The molecule has 2 saturated heterocycles. The SMILES string of the molecule is COC[C@H]1CC(C(=O)OCC(=O)c2ccc3c(c2)COc2cc4c(cc2-3)CCc2[nH]c([C@@H]3CC[C@H](C)N3C(=O)[C@@H](NC(=O)OC)C(C)C)nc2-4)N(C(=O)OC(C)(C)C)C1. The van der Waals surface area contributed by atoms with Crippen LogP contribution in [0.4, 0.5) is 9.59 Å². The molecule has 59 heavy (non-hydrogen) atoms. The van der Waals surface area contributed by atoms with Crippen LogP contribution in [0.1, 0.15) is 99.8 Å². The first kappa shape index (κ1) is 41.7. The Bertz CT molecular complexity index is 2140. The lowest BCUT2D eigenvalue weighted by Crippen LogP contribution is -2.52. The average Bonchev–Trinajstić information content (AvgIpc) is 3.94. The first-order valence-corrected chi connectivity index (χ1v) is 20.4. The molecule has 15 nitrogen and oxygen atoms in total. The molecule has 2 aromatic carbocycles. The Balaban J connectivity index is 1.05. The summed E-state index contributed by atoms with van der Waals surface area (Å²) in [4.78, 5) is 77.5. The van der Waals surface area contributed by atoms with Gasteiger partial charge in [0.2, 0.25) is 5.91 Å². The van der Waals surface area contributed by atoms with Crippen LogP contribution < -0.4 is 10.1 Å². The topological polar surface area (TPSA) is 179 Å². The van der Waals surface area contributed by atoms with Crippen LogP contribution in [0.2, 0.25) is 0 Å². The Morgan fingerprint density at radius 1 is 1.00 bits per heavy atom. The molecule has 0 saturated carbocycles. The van der Waals surface area contributed by atoms with Crippen molar-refractivity contribution < 1.29 is 47.7 Å². The third kappa shape index (κ3) is 8.52. The number of imidazole rings is 1. The van der Waals surface area contributed by atoms with E-state index in [0.29, 0.717) is 24.3 Å². The van der Waals surface area contributed by atoms with Gasteiger partial charge in [-0.1, -0.05) is 26.0 Å². The second kappa shape index (κ2) is 16.7. The molecule has 2 fully saturated rings. The van der Waals surface area contributed by atoms with Crippen LogP contribution in [-0.4, -0.2) is 107 Å². The Morgan fingerprint density at radius 3 is 2.49 bits per heavy atom. The number of rotatable bonds is 10. The number of fused-ring (bicyclic) bond motifs is 6. The Kier molecular flexibility index (Phi) is 11.8. The molecule has 4 aliphatic rings. The molecule has 316 valence electrons. The van der Waals surface area contributed by atoms with E-state index in [9.17, 15) is 24.0 Å². The van der Waals surface area contributed by atoms with Crippen molar-refractivity contribution in [1.29, 1.82) is 0 Å². The molecule has 3 aliphatic heterocycles. The van der Waals surface area contributed by atoms with E-state index in [-0.39, 0.29) is 48.8 Å². The highest BCUT2D eigenvalue weighted by molar-refractivity contribution is 5.99. The second-order valence-corrected chi connectivity index (χ2v) is 17.4. The van der Waals surface area contributed by atoms with E-state index in [2.05, 4.69) is 16.4 Å². The van der Waals surface area contributed by atoms with Crippen molar-refractivity contribution in [2.75, 3.05) is 34.0 Å². The number of methoxy groups -OCH3 is 2. The van der Waals surface area contributed by atoms with Gasteiger partial charge in [-0.05, 0) is 101 Å². The summed E-state index contributed by atoms with van der Waals surface area (Å²) in [6.45, 7) is 11.5. The van der Waals surface area contributed by atoms with Gasteiger partial charge in [-0.25, -0.2) is 19.4 Å². The number of amides is 3. The summed E-state index contributed by atoms with van der Waals surface area (Å²) in [5, 5.41) is 2.73. The summed E-state index contributed by atoms with van der Waals surface area (Å²) in [5.41, 5.74) is 6.30. The number of alkyl carbamates (subject to hydrolysis) is 1. The predicted octanol–water partition coefficient (Wildman–Crippen LogP) is 6.17. The standard InChI is InChI=1S/C44H55N5O10/c1-23(2)37(47-42(53)56-8)40(51)49-24(3)9-14-33(49)39-45-32-13-11-26-17-31-29-12-10-27(16-28(29)21-57-36(31)18-30(26)38(32)46-39)35(50)22-58-41(52)34-15-25(20-55-7)19-48(34)43(54)59-44(4,5)6/h10,12,16-18,23-25,33-34,37H,9,11,13-15,19-22H2,1-8H3,(H,45,46)(H,47,53)/t24-,25-,33-,34?,37-/m0/s1. The molecule has 1 unspecified atom stereocenters. The number of H-pyrrole nitrogens is 1. The van der Waals surface area contributed by atoms with Gasteiger partial charge in [0.25, 0.3) is 0 Å². The number of aryl methyl sites for hydroxylation is 2. The number of ketones is 1. The van der Waals surface area contributed by atoms with Gasteiger partial charge in [0.15, 0.2) is 12.4 Å². The Hall–Kier alpha value is -5.44. The maximum Gasteiger partial charge on any atom is 0.411 e. The highest BCUT2D eigenvalue weighted by Gasteiger charge is 2.44. The predicted molar refractivity (Wildman–Crippen MR) is 216 cm³/mol. The molecule has 7 rings (SSSR count). The van der Waals surface area contributed by atoms with E-state index in [4.69, 9.17) is 28.7 Å². The van der Waals surface area contributed by atoms with E-state index in [1.54, 1.807) is 40.0 Å². The minimum absolute atomic E-state index is 0.0306. The zero-order valence-corrected chi connectivity index (χ0v) is 35.1. The summed E-state index contributed by atoms with van der Waals surface area (Å²) in [7, 11) is 2.85. The zero-order chi connectivity index (χ0) is 42.3. The van der Waals surface area contributed by atoms with Crippen LogP contribution in [0, 0.1) is 11.8 Å². The number of likely N-dealkylation sites (tertiary alicyclic amines) is 2. The van der Waals surface area contributed by atoms with Crippen LogP contribution in [0.5, 0.6) is 5.75 Å². The minimum Gasteiger partial charge on any atom is -0.488 e. The van der Waals surface area contributed by atoms with E-state index in [1.807, 2.05) is 37.8 Å². The van der Waals surface area contributed by atoms with Gasteiger partial charge in [-0.15, -0.1) is 0 Å². The number of carbonyl (C=O) groups is 5. The van der Waals surface area contributed by atoms with Crippen LogP contribution in [0.15, 0.2) is 30.3 Å². The maximum absolute atomic E-state index is 13.9. The fourth-order valence-electron chi connectivity index (χ4n) is 8.76. The van der Waals surface area contributed by atoms with Gasteiger partial charge in [0.05, 0.1) is 25.5 Å². The fraction of sp³-hybridized carbons (Fsp3) is 0.545. The minimum atomic E-state index is -0.883. The number of nitrogens with zero attached hydrogens (tertiary/aromatic N) is 3. The van der Waals surface area contributed by atoms with Crippen molar-refractivity contribution >= 4 is 29.8 Å². The van der Waals surface area contributed by atoms with Gasteiger partial charge >= 0.3 is 18.2 Å². The summed E-state index contributed by atoms with van der Waals surface area (Å²) in [6.07, 6.45) is 2.17. The molecular formula is C44H55N5O10. The summed E-state index contributed by atoms with van der Waals surface area (Å²) in [5.74, 6) is 0.0364. The Morgan fingerprint density at radius 2 is 1.78 bits per heavy atom. The summed E-state index contributed by atoms with van der Waals surface area (Å²) >= 11 is 0. The molecule has 2 N–H and O–H groups in total. The smallest absolute Gasteiger partial charge is 0.411 e. The van der Waals surface area contributed by atoms with Crippen LogP contribution >= 0.6 is 0 Å². The van der Waals surface area contributed by atoms with Gasteiger partial charge in [0.1, 0.15) is 35.9 Å². The monoisotopic (exact) mass is 813 g/mol. The normalized spacial score (nSPS) is 21.1. The van der Waals surface area contributed by atoms with Crippen molar-refractivity contribution in [3.05, 3.63) is 58.5 Å². The third-order valence-corrected chi connectivity index (χ3v) is 11.7. The van der Waals surface area contributed by atoms with Crippen LogP contribution in [0.25, 0.3) is 22.4 Å². The first-order chi connectivity index (χ1) is 28.1. The van der Waals surface area contributed by atoms with Crippen molar-refractivity contribution in [2.45, 2.75) is 110 Å². The number of esters is 1. The van der Waals surface area contributed by atoms with Gasteiger partial charge in [-0.3, -0.25) is 14.5 Å². The van der Waals surface area contributed by atoms with Gasteiger partial charge < -0.3 is 38.9 Å². The van der Waals surface area contributed by atoms with Gasteiger partial charge in [0, 0.05) is 48.0 Å². The van der Waals surface area contributed by atoms with Crippen molar-refractivity contribution in [3.8, 4) is 28.1 Å². The molecule has 0 spiro atoms. The molecule has 0 bridgehead atoms. The Labute approximate surface area is 344 Å². The fourth-order valence-corrected chi connectivity index (χ4v) is 8.76. The number of ether oxygens (including phenoxy) is 5. The molecule has 5 atom stereocenters. The third-order valence-electron chi connectivity index (χ3n) is 11.7. The number of hydrogen-bond donors (Lipinski definition) is 2. The van der Waals surface area contributed by atoms with Crippen LogP contribution in [0.3, 0.4) is 0 Å². The lowest BCUT2D eigenvalue weighted by molar-refractivity contribution is -0.147. The van der Waals surface area contributed by atoms with E-state index < -0.39 is 42.4 Å². The van der Waals surface area contributed by atoms with Crippen LogP contribution in [-0.2, 0) is 48.0 Å². The zero-order valence-electron chi connectivity index (χ0n) is 35.1. The van der Waals surface area contributed by atoms with Crippen molar-refractivity contribution in [3.63, 3.8) is 0 Å². The molecule has 4 heterocycles. The number of Topliss-reactive ketones (excluding diaryl/α,β-unsaturated/α-hetero) is 1. The molecule has 3 amide bonds. The summed E-state index contributed by atoms with van der Waals surface area (Å²) in [6, 6.07) is 7.68. The number of hydrogen-bond acceptors (Lipinski definition) is 11. The molecule has 15 heteroatoms. The quantitative estimate of drug-likeness (QED) is 0.136. The molecule has 0 radical (unpaired) electrons. The lowest BCUT2D eigenvalue weighted by Gasteiger charge is -2.32. The second-order valence-electron chi connectivity index (χ2n) is 17.4. The molecular weight excluding hydrogens is 759 g/mol. The van der Waals surface area contributed by atoms with Crippen molar-refractivity contribution in [2.24, 2.45) is 11.8 Å². The molecule has 3 aromatic rings. The number of carbonyl (C=O) groups excluding carboxylic acids is 5. The lowest BCUT2D eigenvalue weighted by atomic mass is 9.86. The number of aromatic amines is 1. The van der Waals surface area contributed by atoms with E-state index in [1.165, 1.54) is 12.0 Å². The molecule has 1 aliphatic carbocycles. The summed E-state index contributed by atoms with van der Waals surface area (Å²) < 4.78 is 27.4. The highest BCUT2D eigenvalue weighted by Crippen LogP contribution is 2.45. The van der Waals surface area contributed by atoms with Crippen molar-refractivity contribution in [1.82, 2.24) is 25.1 Å². The number of nitrogens with one attached hydrogen (secondary N) is 2. The molecule has 1 aromatic heterocycles. The first-order valence-electron chi connectivity index (χ1n) is 20.4. The van der Waals surface area contributed by atoms with Gasteiger partial charge in [-0.2, -0.15) is 0 Å². The average molecular weight is 814 g/mol. The maximum atomic E-state index is 13.9. The number of benzene rings is 2. The number of aromatic nitrogens is 2. The largest absolute Gasteiger partial charge is 0.488 e. The van der Waals surface area contributed by atoms with E-state index >= 15 is 0 Å².